The fourth-order valence-electron chi connectivity index (χ4n) is 0.488. The van der Waals surface area contributed by atoms with E-state index < -0.39 is 0 Å². The van der Waals surface area contributed by atoms with E-state index in [4.69, 9.17) is 11.6 Å². The molecule has 0 aliphatic carbocycles. The molecule has 0 saturated heterocycles. The van der Waals surface area contributed by atoms with Crippen LogP contribution < -0.4 is 4.74 Å². The molecule has 1 aromatic heterocycles. The molecule has 0 radical (unpaired) electrons. The smallest absolute Gasteiger partial charge is 0.298 e. The van der Waals surface area contributed by atoms with Gasteiger partial charge in [-0.2, -0.15) is 0 Å². The summed E-state index contributed by atoms with van der Waals surface area (Å²) in [6, 6.07) is 3.10. The quantitative estimate of drug-likeness (QED) is 0.480. The van der Waals surface area contributed by atoms with Crippen molar-refractivity contribution in [3.63, 3.8) is 0 Å². The average Bonchev–Trinajstić information content (AvgIpc) is 1.95. The molecule has 0 amide bonds. The van der Waals surface area contributed by atoms with Gasteiger partial charge in [-0.05, 0) is 12.1 Å². The van der Waals surface area contributed by atoms with Crippen LogP contribution >= 0.6 is 11.6 Å². The van der Waals surface area contributed by atoms with Crippen molar-refractivity contribution in [2.75, 3.05) is 0 Å². The number of pyridine rings is 1. The first-order chi connectivity index (χ1) is 4.83. The lowest BCUT2D eigenvalue weighted by molar-refractivity contribution is -0.120. The monoisotopic (exact) mass is 157 g/mol. The first-order valence-electron chi connectivity index (χ1n) is 2.55. The SMILES string of the molecule is O=COc1ccc(Cl)nc1. The Morgan fingerprint density at radius 1 is 1.60 bits per heavy atom. The highest BCUT2D eigenvalue weighted by Crippen LogP contribution is 2.10. The summed E-state index contributed by atoms with van der Waals surface area (Å²) in [5.41, 5.74) is 0. The highest BCUT2D eigenvalue weighted by molar-refractivity contribution is 6.29. The molecule has 1 heterocycles. The number of carbonyl (C=O) groups is 1. The summed E-state index contributed by atoms with van der Waals surface area (Å²) in [5.74, 6) is 0.388. The first kappa shape index (κ1) is 7.02. The minimum atomic E-state index is 0.338. The van der Waals surface area contributed by atoms with Gasteiger partial charge in [0.25, 0.3) is 6.47 Å². The molecule has 0 spiro atoms. The lowest BCUT2D eigenvalue weighted by Gasteiger charge is -1.93. The van der Waals surface area contributed by atoms with E-state index in [-0.39, 0.29) is 0 Å². The zero-order chi connectivity index (χ0) is 7.40. The van der Waals surface area contributed by atoms with Crippen molar-refractivity contribution in [2.45, 2.75) is 0 Å². The van der Waals surface area contributed by atoms with Gasteiger partial charge in [0, 0.05) is 0 Å². The third-order valence-electron chi connectivity index (χ3n) is 0.884. The van der Waals surface area contributed by atoms with Crippen molar-refractivity contribution < 1.29 is 9.53 Å². The van der Waals surface area contributed by atoms with E-state index in [1.165, 1.54) is 6.20 Å². The molecule has 0 N–H and O–H groups in total. The maximum atomic E-state index is 9.78. The van der Waals surface area contributed by atoms with Gasteiger partial charge in [-0.1, -0.05) is 11.6 Å². The number of carbonyl (C=O) groups excluding carboxylic acids is 1. The van der Waals surface area contributed by atoms with E-state index >= 15 is 0 Å². The van der Waals surface area contributed by atoms with Crippen molar-refractivity contribution in [1.82, 2.24) is 4.98 Å². The topological polar surface area (TPSA) is 39.2 Å². The second kappa shape index (κ2) is 3.17. The molecule has 0 aromatic carbocycles. The molecular weight excluding hydrogens is 154 g/mol. The van der Waals surface area contributed by atoms with Crippen LogP contribution in [0, 0.1) is 0 Å². The summed E-state index contributed by atoms with van der Waals surface area (Å²) in [4.78, 5) is 13.5. The van der Waals surface area contributed by atoms with Gasteiger partial charge in [-0.25, -0.2) is 4.98 Å². The first-order valence-corrected chi connectivity index (χ1v) is 2.92. The van der Waals surface area contributed by atoms with Gasteiger partial charge in [0.1, 0.15) is 10.9 Å². The molecule has 0 fully saturated rings. The number of nitrogens with zero attached hydrogens (tertiary/aromatic N) is 1. The summed E-state index contributed by atoms with van der Waals surface area (Å²) >= 11 is 5.46. The second-order valence-corrected chi connectivity index (χ2v) is 1.92. The van der Waals surface area contributed by atoms with Crippen LogP contribution in [0.4, 0.5) is 0 Å². The van der Waals surface area contributed by atoms with Crippen LogP contribution in [0.5, 0.6) is 5.75 Å². The van der Waals surface area contributed by atoms with E-state index in [0.29, 0.717) is 17.4 Å². The third-order valence-corrected chi connectivity index (χ3v) is 1.11. The maximum Gasteiger partial charge on any atom is 0.298 e. The minimum absolute atomic E-state index is 0.338. The molecule has 0 aliphatic heterocycles. The molecule has 4 heteroatoms. The minimum Gasteiger partial charge on any atom is -0.427 e. The fourth-order valence-corrected chi connectivity index (χ4v) is 0.599. The normalized spacial score (nSPS) is 8.90. The van der Waals surface area contributed by atoms with E-state index in [2.05, 4.69) is 9.72 Å². The predicted molar refractivity (Wildman–Crippen MR) is 35.9 cm³/mol. The van der Waals surface area contributed by atoms with Crippen LogP contribution in [0.3, 0.4) is 0 Å². The molecule has 1 rings (SSSR count). The Labute approximate surface area is 62.6 Å². The zero-order valence-electron chi connectivity index (χ0n) is 4.95. The molecule has 1 aromatic rings. The predicted octanol–water partition coefficient (Wildman–Crippen LogP) is 1.27. The fraction of sp³-hybridized carbons (Fsp3) is 0. The number of rotatable bonds is 2. The summed E-state index contributed by atoms with van der Waals surface area (Å²) in [5, 5.41) is 0.373. The van der Waals surface area contributed by atoms with Gasteiger partial charge in [0.15, 0.2) is 0 Å². The number of halogens is 1. The van der Waals surface area contributed by atoms with E-state index in [1.54, 1.807) is 12.1 Å². The molecule has 10 heavy (non-hydrogen) atoms. The summed E-state index contributed by atoms with van der Waals surface area (Å²) in [6.07, 6.45) is 1.37. The van der Waals surface area contributed by atoms with Crippen molar-refractivity contribution in [3.05, 3.63) is 23.5 Å². The molecule has 0 aliphatic rings. The number of hydrogen-bond donors (Lipinski definition) is 0. The van der Waals surface area contributed by atoms with Crippen molar-refractivity contribution in [3.8, 4) is 5.75 Å². The van der Waals surface area contributed by atoms with Crippen LogP contribution in [0.1, 0.15) is 0 Å². The Hall–Kier alpha value is -1.09. The van der Waals surface area contributed by atoms with Gasteiger partial charge >= 0.3 is 0 Å². The Bertz CT molecular complexity index is 222. The van der Waals surface area contributed by atoms with Crippen molar-refractivity contribution in [2.24, 2.45) is 0 Å². The average molecular weight is 158 g/mol. The number of ether oxygens (including phenoxy) is 1. The standard InChI is InChI=1S/C6H4ClNO2/c7-6-2-1-5(3-8-6)10-4-9/h1-4H. The lowest BCUT2D eigenvalue weighted by atomic mass is 10.5. The summed E-state index contributed by atoms with van der Waals surface area (Å²) < 4.78 is 4.46. The van der Waals surface area contributed by atoms with Gasteiger partial charge < -0.3 is 4.74 Å². The van der Waals surface area contributed by atoms with Gasteiger partial charge in [-0.15, -0.1) is 0 Å². The van der Waals surface area contributed by atoms with Gasteiger partial charge in [0.05, 0.1) is 6.20 Å². The lowest BCUT2D eigenvalue weighted by Crippen LogP contribution is -1.88. The van der Waals surface area contributed by atoms with Crippen molar-refractivity contribution >= 4 is 18.1 Å². The Kier molecular flexibility index (Phi) is 2.23. The molecule has 0 atom stereocenters. The van der Waals surface area contributed by atoms with Crippen molar-refractivity contribution in [1.29, 1.82) is 0 Å². The number of aromatic nitrogens is 1. The van der Waals surface area contributed by atoms with E-state index in [9.17, 15) is 4.79 Å². The van der Waals surface area contributed by atoms with Gasteiger partial charge in [0.2, 0.25) is 0 Å². The van der Waals surface area contributed by atoms with E-state index in [1.807, 2.05) is 0 Å². The largest absolute Gasteiger partial charge is 0.427 e. The van der Waals surface area contributed by atoms with Crippen LogP contribution in [-0.4, -0.2) is 11.5 Å². The van der Waals surface area contributed by atoms with E-state index in [0.717, 1.165) is 0 Å². The Morgan fingerprint density at radius 2 is 2.40 bits per heavy atom. The Balaban J connectivity index is 2.78. The number of hydrogen-bond acceptors (Lipinski definition) is 3. The second-order valence-electron chi connectivity index (χ2n) is 1.53. The molecule has 3 nitrogen and oxygen atoms in total. The van der Waals surface area contributed by atoms with Crippen LogP contribution in [0.25, 0.3) is 0 Å². The highest BCUT2D eigenvalue weighted by atomic mass is 35.5. The maximum absolute atomic E-state index is 9.78. The van der Waals surface area contributed by atoms with Gasteiger partial charge in [-0.3, -0.25) is 4.79 Å². The summed E-state index contributed by atoms with van der Waals surface area (Å²) in [7, 11) is 0. The molecule has 0 bridgehead atoms. The summed E-state index contributed by atoms with van der Waals surface area (Å²) in [6.45, 7) is 0.338. The zero-order valence-corrected chi connectivity index (χ0v) is 5.71. The highest BCUT2D eigenvalue weighted by Gasteiger charge is 1.91. The Morgan fingerprint density at radius 3 is 2.90 bits per heavy atom. The molecule has 0 unspecified atom stereocenters. The van der Waals surface area contributed by atoms with Crippen LogP contribution in [0.2, 0.25) is 5.15 Å². The molecular formula is C6H4ClNO2. The third kappa shape index (κ3) is 1.70. The van der Waals surface area contributed by atoms with Crippen LogP contribution in [-0.2, 0) is 4.79 Å². The molecule has 0 saturated carbocycles. The molecule has 52 valence electrons. The van der Waals surface area contributed by atoms with Crippen LogP contribution in [0.15, 0.2) is 18.3 Å².